The van der Waals surface area contributed by atoms with E-state index in [1.807, 2.05) is 91.0 Å². The lowest BCUT2D eigenvalue weighted by molar-refractivity contribution is 0.0828. The second-order valence-corrected chi connectivity index (χ2v) is 8.15. The lowest BCUT2D eigenvalue weighted by Crippen LogP contribution is -2.33. The van der Waals surface area contributed by atoms with E-state index < -0.39 is 12.1 Å². The summed E-state index contributed by atoms with van der Waals surface area (Å²) in [4.78, 5) is 16.8. The molecule has 4 nitrogen and oxygen atoms in total. The van der Waals surface area contributed by atoms with Gasteiger partial charge in [0.15, 0.2) is 0 Å². The number of aliphatic hydroxyl groups excluding tert-OH is 1. The van der Waals surface area contributed by atoms with Gasteiger partial charge in [-0.2, -0.15) is 0 Å². The molecular weight excluding hydrogens is 427 g/mol. The van der Waals surface area contributed by atoms with E-state index in [-0.39, 0.29) is 11.7 Å². The van der Waals surface area contributed by atoms with E-state index in [9.17, 15) is 14.3 Å². The van der Waals surface area contributed by atoms with Crippen molar-refractivity contribution in [3.05, 3.63) is 132 Å². The van der Waals surface area contributed by atoms with Gasteiger partial charge in [-0.3, -0.25) is 4.79 Å². The van der Waals surface area contributed by atoms with Gasteiger partial charge >= 0.3 is 0 Å². The Morgan fingerprint density at radius 1 is 0.794 bits per heavy atom. The molecule has 4 aromatic carbocycles. The Hall–Kier alpha value is -4.22. The van der Waals surface area contributed by atoms with Crippen molar-refractivity contribution in [1.29, 1.82) is 0 Å². The Kier molecular flexibility index (Phi) is 5.93. The number of fused-ring (bicyclic) bond motifs is 1. The predicted molar refractivity (Wildman–Crippen MR) is 132 cm³/mol. The highest BCUT2D eigenvalue weighted by Gasteiger charge is 2.27. The van der Waals surface area contributed by atoms with Crippen LogP contribution in [0, 0.1) is 5.82 Å². The van der Waals surface area contributed by atoms with Gasteiger partial charge in [-0.05, 0) is 34.9 Å². The SMILES string of the molecule is O=C(NC(c1ccccc1)C(O)c1ccccc1)c1[nH]c2ccc(F)cc2c1-c1ccccc1. The maximum absolute atomic E-state index is 14.1. The summed E-state index contributed by atoms with van der Waals surface area (Å²) in [6.45, 7) is 0. The Morgan fingerprint density at radius 3 is 2.03 bits per heavy atom. The van der Waals surface area contributed by atoms with Gasteiger partial charge in [0.1, 0.15) is 17.6 Å². The van der Waals surface area contributed by atoms with Crippen molar-refractivity contribution in [3.8, 4) is 11.1 Å². The molecule has 5 rings (SSSR count). The number of aromatic amines is 1. The Morgan fingerprint density at radius 2 is 1.38 bits per heavy atom. The van der Waals surface area contributed by atoms with E-state index in [2.05, 4.69) is 10.3 Å². The molecule has 0 aliphatic carbocycles. The summed E-state index contributed by atoms with van der Waals surface area (Å²) in [5, 5.41) is 14.9. The number of carbonyl (C=O) groups is 1. The molecule has 0 fully saturated rings. The highest BCUT2D eigenvalue weighted by Crippen LogP contribution is 2.34. The fourth-order valence-electron chi connectivity index (χ4n) is 4.30. The Balaban J connectivity index is 1.59. The van der Waals surface area contributed by atoms with Gasteiger partial charge in [-0.1, -0.05) is 91.0 Å². The van der Waals surface area contributed by atoms with E-state index in [4.69, 9.17) is 0 Å². The number of aromatic nitrogens is 1. The predicted octanol–water partition coefficient (Wildman–Crippen LogP) is 6.18. The molecule has 34 heavy (non-hydrogen) atoms. The van der Waals surface area contributed by atoms with Crippen molar-refractivity contribution in [2.45, 2.75) is 12.1 Å². The summed E-state index contributed by atoms with van der Waals surface area (Å²) in [5.41, 5.74) is 3.85. The molecule has 0 aliphatic rings. The van der Waals surface area contributed by atoms with Crippen molar-refractivity contribution >= 4 is 16.8 Å². The van der Waals surface area contributed by atoms with Gasteiger partial charge in [-0.25, -0.2) is 4.39 Å². The van der Waals surface area contributed by atoms with Crippen LogP contribution >= 0.6 is 0 Å². The van der Waals surface area contributed by atoms with Gasteiger partial charge in [0.25, 0.3) is 5.91 Å². The number of benzene rings is 4. The molecule has 0 spiro atoms. The zero-order valence-electron chi connectivity index (χ0n) is 18.3. The Labute approximate surface area is 196 Å². The van der Waals surface area contributed by atoms with Crippen molar-refractivity contribution < 1.29 is 14.3 Å². The van der Waals surface area contributed by atoms with Crippen LogP contribution in [-0.2, 0) is 0 Å². The number of hydrogen-bond donors (Lipinski definition) is 3. The topological polar surface area (TPSA) is 65.1 Å². The highest BCUT2D eigenvalue weighted by molar-refractivity contribution is 6.09. The van der Waals surface area contributed by atoms with Gasteiger partial charge in [-0.15, -0.1) is 0 Å². The van der Waals surface area contributed by atoms with Gasteiger partial charge in [0.2, 0.25) is 0 Å². The third-order valence-electron chi connectivity index (χ3n) is 5.95. The summed E-state index contributed by atoms with van der Waals surface area (Å²) in [6, 6.07) is 31.7. The molecule has 2 unspecified atom stereocenters. The second-order valence-electron chi connectivity index (χ2n) is 8.15. The van der Waals surface area contributed by atoms with Crippen molar-refractivity contribution in [3.63, 3.8) is 0 Å². The minimum Gasteiger partial charge on any atom is -0.386 e. The molecule has 2 atom stereocenters. The molecule has 168 valence electrons. The van der Waals surface area contributed by atoms with Crippen LogP contribution in [0.1, 0.15) is 33.8 Å². The number of H-pyrrole nitrogens is 1. The molecule has 0 saturated heterocycles. The highest BCUT2D eigenvalue weighted by atomic mass is 19.1. The zero-order valence-corrected chi connectivity index (χ0v) is 18.3. The minimum atomic E-state index is -0.963. The minimum absolute atomic E-state index is 0.313. The van der Waals surface area contributed by atoms with Crippen LogP contribution in [-0.4, -0.2) is 16.0 Å². The van der Waals surface area contributed by atoms with Crippen LogP contribution in [0.15, 0.2) is 109 Å². The zero-order chi connectivity index (χ0) is 23.5. The van der Waals surface area contributed by atoms with Gasteiger partial charge < -0.3 is 15.4 Å². The molecule has 1 heterocycles. The number of amides is 1. The number of nitrogens with one attached hydrogen (secondary N) is 2. The van der Waals surface area contributed by atoms with E-state index in [0.29, 0.717) is 27.7 Å². The molecule has 5 heteroatoms. The largest absolute Gasteiger partial charge is 0.386 e. The van der Waals surface area contributed by atoms with Crippen LogP contribution < -0.4 is 5.32 Å². The normalized spacial score (nSPS) is 12.9. The molecule has 0 saturated carbocycles. The van der Waals surface area contributed by atoms with Gasteiger partial charge in [0.05, 0.1) is 6.04 Å². The first-order valence-corrected chi connectivity index (χ1v) is 11.1. The van der Waals surface area contributed by atoms with Crippen LogP contribution in [0.2, 0.25) is 0 Å². The Bertz CT molecular complexity index is 1420. The number of halogens is 1. The third kappa shape index (κ3) is 4.21. The maximum atomic E-state index is 14.1. The third-order valence-corrected chi connectivity index (χ3v) is 5.95. The monoisotopic (exact) mass is 450 g/mol. The number of aliphatic hydroxyl groups is 1. The summed E-state index contributed by atoms with van der Waals surface area (Å²) in [5.74, 6) is -0.767. The van der Waals surface area contributed by atoms with Crippen molar-refractivity contribution in [1.82, 2.24) is 10.3 Å². The van der Waals surface area contributed by atoms with Gasteiger partial charge in [0, 0.05) is 16.5 Å². The quantitative estimate of drug-likeness (QED) is 0.289. The van der Waals surface area contributed by atoms with Crippen LogP contribution in [0.5, 0.6) is 0 Å². The van der Waals surface area contributed by atoms with E-state index >= 15 is 0 Å². The lowest BCUT2D eigenvalue weighted by atomic mass is 9.95. The fourth-order valence-corrected chi connectivity index (χ4v) is 4.30. The van der Waals surface area contributed by atoms with E-state index in [1.165, 1.54) is 12.1 Å². The molecule has 5 aromatic rings. The average molecular weight is 451 g/mol. The summed E-state index contributed by atoms with van der Waals surface area (Å²) in [6.07, 6.45) is -0.963. The summed E-state index contributed by atoms with van der Waals surface area (Å²) >= 11 is 0. The standard InChI is InChI=1S/C29H23FN2O2/c30-22-16-17-24-23(18-22)25(19-10-4-1-5-11-19)27(31-24)29(34)32-26(20-12-6-2-7-13-20)28(33)21-14-8-3-9-15-21/h1-18,26,28,31,33H,(H,32,34). The first-order chi connectivity index (χ1) is 16.6. The molecule has 1 amide bonds. The summed E-state index contributed by atoms with van der Waals surface area (Å²) < 4.78 is 14.1. The van der Waals surface area contributed by atoms with E-state index in [0.717, 1.165) is 11.1 Å². The number of rotatable bonds is 6. The average Bonchev–Trinajstić information content (AvgIpc) is 3.27. The fraction of sp³-hybridized carbons (Fsp3) is 0.0690. The smallest absolute Gasteiger partial charge is 0.268 e. The van der Waals surface area contributed by atoms with E-state index in [1.54, 1.807) is 6.07 Å². The molecular formula is C29H23FN2O2. The molecule has 3 N–H and O–H groups in total. The van der Waals surface area contributed by atoms with Crippen LogP contribution in [0.4, 0.5) is 4.39 Å². The first-order valence-electron chi connectivity index (χ1n) is 11.1. The molecule has 1 aromatic heterocycles. The number of carbonyl (C=O) groups excluding carboxylic acids is 1. The van der Waals surface area contributed by atoms with Crippen LogP contribution in [0.25, 0.3) is 22.0 Å². The summed E-state index contributed by atoms with van der Waals surface area (Å²) in [7, 11) is 0. The molecule has 0 aliphatic heterocycles. The first kappa shape index (κ1) is 21.6. The second kappa shape index (κ2) is 9.33. The lowest BCUT2D eigenvalue weighted by Gasteiger charge is -2.25. The van der Waals surface area contributed by atoms with Crippen molar-refractivity contribution in [2.24, 2.45) is 0 Å². The van der Waals surface area contributed by atoms with Crippen LogP contribution in [0.3, 0.4) is 0 Å². The molecule has 0 bridgehead atoms. The van der Waals surface area contributed by atoms with Crippen molar-refractivity contribution in [2.75, 3.05) is 0 Å². The number of hydrogen-bond acceptors (Lipinski definition) is 2. The maximum Gasteiger partial charge on any atom is 0.268 e. The molecule has 0 radical (unpaired) electrons.